The van der Waals surface area contributed by atoms with Gasteiger partial charge >= 0.3 is 0 Å². The molecule has 20 heavy (non-hydrogen) atoms. The Morgan fingerprint density at radius 3 is 2.05 bits per heavy atom. The topological polar surface area (TPSA) is 20.2 Å². The highest BCUT2D eigenvalue weighted by Crippen LogP contribution is 2.15. The monoisotopic (exact) mass is 266 g/mol. The van der Waals surface area contributed by atoms with E-state index in [1.54, 1.807) is 0 Å². The van der Waals surface area contributed by atoms with Crippen LogP contribution in [0.4, 0.5) is 0 Å². The molecule has 104 valence electrons. The van der Waals surface area contributed by atoms with Gasteiger partial charge in [0, 0.05) is 6.42 Å². The summed E-state index contributed by atoms with van der Waals surface area (Å²) in [6, 6.07) is 20.5. The van der Waals surface area contributed by atoms with Crippen molar-refractivity contribution in [3.05, 3.63) is 83.9 Å². The number of aryl methyl sites for hydroxylation is 1. The Bertz CT molecular complexity index is 516. The molecule has 0 heterocycles. The van der Waals surface area contributed by atoms with Gasteiger partial charge in [-0.25, -0.2) is 0 Å². The lowest BCUT2D eigenvalue weighted by molar-refractivity contribution is 0.207. The van der Waals surface area contributed by atoms with E-state index in [0.717, 1.165) is 30.4 Å². The zero-order valence-corrected chi connectivity index (χ0v) is 11.8. The van der Waals surface area contributed by atoms with Gasteiger partial charge in [-0.1, -0.05) is 67.2 Å². The van der Waals surface area contributed by atoms with Gasteiger partial charge in [0.25, 0.3) is 0 Å². The minimum atomic E-state index is -0.437. The third-order valence-electron chi connectivity index (χ3n) is 3.55. The largest absolute Gasteiger partial charge is 0.388 e. The van der Waals surface area contributed by atoms with E-state index >= 15 is 0 Å². The van der Waals surface area contributed by atoms with Gasteiger partial charge in [0.15, 0.2) is 0 Å². The lowest BCUT2D eigenvalue weighted by atomic mass is 9.97. The van der Waals surface area contributed by atoms with Crippen LogP contribution in [0.5, 0.6) is 0 Å². The first-order chi connectivity index (χ1) is 9.75. The number of hydrogen-bond donors (Lipinski definition) is 1. The molecule has 2 rings (SSSR count). The van der Waals surface area contributed by atoms with E-state index in [9.17, 15) is 5.11 Å². The van der Waals surface area contributed by atoms with Crippen molar-refractivity contribution < 1.29 is 5.11 Å². The molecule has 1 unspecified atom stereocenters. The Hall–Kier alpha value is -1.86. The van der Waals surface area contributed by atoms with Gasteiger partial charge in [-0.15, -0.1) is 0 Å². The van der Waals surface area contributed by atoms with Crippen LogP contribution in [-0.4, -0.2) is 11.2 Å². The Morgan fingerprint density at radius 1 is 0.900 bits per heavy atom. The third-order valence-corrected chi connectivity index (χ3v) is 3.55. The van der Waals surface area contributed by atoms with Crippen LogP contribution in [-0.2, 0) is 12.8 Å². The van der Waals surface area contributed by atoms with Crippen molar-refractivity contribution >= 4 is 0 Å². The van der Waals surface area contributed by atoms with Crippen molar-refractivity contribution in [1.29, 1.82) is 0 Å². The van der Waals surface area contributed by atoms with E-state index in [0.29, 0.717) is 6.42 Å². The summed E-state index contributed by atoms with van der Waals surface area (Å²) in [6.45, 7) is 4.03. The van der Waals surface area contributed by atoms with Gasteiger partial charge in [0.05, 0.1) is 6.10 Å². The number of hydrogen-bond acceptors (Lipinski definition) is 1. The summed E-state index contributed by atoms with van der Waals surface area (Å²) in [5, 5.41) is 10.2. The molecule has 0 aliphatic carbocycles. The second-order valence-electron chi connectivity index (χ2n) is 5.20. The average molecular weight is 266 g/mol. The van der Waals surface area contributed by atoms with Crippen molar-refractivity contribution in [2.24, 2.45) is 0 Å². The van der Waals surface area contributed by atoms with Crippen molar-refractivity contribution in [3.63, 3.8) is 0 Å². The maximum atomic E-state index is 10.2. The molecule has 2 aromatic carbocycles. The van der Waals surface area contributed by atoms with Crippen molar-refractivity contribution in [1.82, 2.24) is 0 Å². The Balaban J connectivity index is 1.74. The van der Waals surface area contributed by atoms with Gasteiger partial charge in [-0.05, 0) is 36.0 Å². The predicted octanol–water partition coefficient (Wildman–Crippen LogP) is 4.17. The summed E-state index contributed by atoms with van der Waals surface area (Å²) in [7, 11) is 0. The highest BCUT2D eigenvalue weighted by atomic mass is 16.3. The zero-order valence-electron chi connectivity index (χ0n) is 11.8. The molecule has 0 saturated carbocycles. The number of aliphatic hydroxyl groups is 1. The molecule has 0 bridgehead atoms. The molecule has 0 aromatic heterocycles. The van der Waals surface area contributed by atoms with Crippen molar-refractivity contribution in [2.45, 2.75) is 31.8 Å². The minimum Gasteiger partial charge on any atom is -0.388 e. The van der Waals surface area contributed by atoms with Gasteiger partial charge in [0.2, 0.25) is 0 Å². The Kier molecular flexibility index (Phi) is 5.57. The smallest absolute Gasteiger partial charge is 0.0787 e. The standard InChI is InChI=1S/C19H22O/c1-16(9-8-14-17-10-4-2-5-11-17)19(20)15-18-12-6-3-7-13-18/h2-7,10-13,19-20H,1,8-9,14-15H2. The van der Waals surface area contributed by atoms with Gasteiger partial charge in [-0.2, -0.15) is 0 Å². The summed E-state index contributed by atoms with van der Waals surface area (Å²) >= 11 is 0. The molecule has 0 aliphatic heterocycles. The molecule has 1 heteroatoms. The maximum absolute atomic E-state index is 10.2. The lowest BCUT2D eigenvalue weighted by Crippen LogP contribution is -2.13. The van der Waals surface area contributed by atoms with E-state index in [1.807, 2.05) is 36.4 Å². The highest BCUT2D eigenvalue weighted by molar-refractivity contribution is 5.19. The van der Waals surface area contributed by atoms with E-state index in [4.69, 9.17) is 0 Å². The molecular formula is C19H22O. The molecule has 1 atom stereocenters. The fraction of sp³-hybridized carbons (Fsp3) is 0.263. The number of benzene rings is 2. The quantitative estimate of drug-likeness (QED) is 0.746. The molecule has 2 aromatic rings. The summed E-state index contributed by atoms with van der Waals surface area (Å²) < 4.78 is 0. The lowest BCUT2D eigenvalue weighted by Gasteiger charge is -2.14. The van der Waals surface area contributed by atoms with E-state index in [1.165, 1.54) is 5.56 Å². The Morgan fingerprint density at radius 2 is 1.45 bits per heavy atom. The van der Waals surface area contributed by atoms with E-state index < -0.39 is 6.10 Å². The molecule has 1 nitrogen and oxygen atoms in total. The fourth-order valence-corrected chi connectivity index (χ4v) is 2.31. The molecule has 0 aliphatic rings. The summed E-state index contributed by atoms with van der Waals surface area (Å²) in [4.78, 5) is 0. The van der Waals surface area contributed by atoms with E-state index in [-0.39, 0.29) is 0 Å². The second kappa shape index (κ2) is 7.66. The molecule has 0 radical (unpaired) electrons. The average Bonchev–Trinajstić information content (AvgIpc) is 2.49. The molecule has 0 saturated heterocycles. The van der Waals surface area contributed by atoms with Gasteiger partial charge in [0.1, 0.15) is 0 Å². The number of rotatable bonds is 7. The molecule has 0 spiro atoms. The fourth-order valence-electron chi connectivity index (χ4n) is 2.31. The van der Waals surface area contributed by atoms with Crippen LogP contribution >= 0.6 is 0 Å². The minimum absolute atomic E-state index is 0.437. The van der Waals surface area contributed by atoms with E-state index in [2.05, 4.69) is 30.8 Å². The maximum Gasteiger partial charge on any atom is 0.0787 e. The summed E-state index contributed by atoms with van der Waals surface area (Å²) in [5.74, 6) is 0. The van der Waals surface area contributed by atoms with Gasteiger partial charge < -0.3 is 5.11 Å². The van der Waals surface area contributed by atoms with Gasteiger partial charge in [-0.3, -0.25) is 0 Å². The number of aliphatic hydroxyl groups excluding tert-OH is 1. The molecule has 0 fully saturated rings. The first-order valence-electron chi connectivity index (χ1n) is 7.19. The van der Waals surface area contributed by atoms with Crippen LogP contribution in [0, 0.1) is 0 Å². The van der Waals surface area contributed by atoms with Crippen LogP contribution in [0.2, 0.25) is 0 Å². The highest BCUT2D eigenvalue weighted by Gasteiger charge is 2.09. The third kappa shape index (κ3) is 4.67. The SMILES string of the molecule is C=C(CCCc1ccccc1)C(O)Cc1ccccc1. The normalized spacial score (nSPS) is 12.1. The molecular weight excluding hydrogens is 244 g/mol. The Labute approximate surface area is 121 Å². The van der Waals surface area contributed by atoms with Crippen LogP contribution in [0.15, 0.2) is 72.8 Å². The zero-order chi connectivity index (χ0) is 14.2. The summed E-state index contributed by atoms with van der Waals surface area (Å²) in [6.07, 6.45) is 3.17. The molecule has 0 amide bonds. The molecule has 1 N–H and O–H groups in total. The van der Waals surface area contributed by atoms with Crippen molar-refractivity contribution in [3.8, 4) is 0 Å². The second-order valence-corrected chi connectivity index (χ2v) is 5.20. The van der Waals surface area contributed by atoms with Crippen molar-refractivity contribution in [2.75, 3.05) is 0 Å². The van der Waals surface area contributed by atoms with Crippen LogP contribution in [0.3, 0.4) is 0 Å². The first-order valence-corrected chi connectivity index (χ1v) is 7.19. The van der Waals surface area contributed by atoms with Crippen LogP contribution in [0.1, 0.15) is 24.0 Å². The summed E-state index contributed by atoms with van der Waals surface area (Å²) in [5.41, 5.74) is 3.44. The van der Waals surface area contributed by atoms with Crippen LogP contribution < -0.4 is 0 Å². The van der Waals surface area contributed by atoms with Crippen LogP contribution in [0.25, 0.3) is 0 Å². The first kappa shape index (κ1) is 14.5. The predicted molar refractivity (Wildman–Crippen MR) is 84.7 cm³/mol.